The smallest absolute Gasteiger partial charge is 0.000696 e. The zero-order valence-electron chi connectivity index (χ0n) is 37.9. The average molecular weight is 879 g/mol. The Morgan fingerprint density at radius 2 is 0.500 bits per heavy atom. The first-order valence-corrected chi connectivity index (χ1v) is 24.6. The molecule has 0 radical (unpaired) electrons. The van der Waals surface area contributed by atoms with Gasteiger partial charge in [-0.2, -0.15) is 0 Å². The summed E-state index contributed by atoms with van der Waals surface area (Å²) in [5.74, 6) is 0. The molecule has 17 rings (SSSR count). The van der Waals surface area contributed by atoms with E-state index in [1.807, 2.05) is 0 Å². The van der Waals surface area contributed by atoms with Crippen molar-refractivity contribution in [3.8, 4) is 66.8 Å². The molecule has 16 aromatic carbocycles. The second kappa shape index (κ2) is 13.3. The number of benzene rings is 14. The van der Waals surface area contributed by atoms with E-state index in [9.17, 15) is 0 Å². The lowest BCUT2D eigenvalue weighted by Gasteiger charge is -2.22. The number of fused-ring (bicyclic) bond motifs is 13. The first-order valence-electron chi connectivity index (χ1n) is 24.6. The monoisotopic (exact) mass is 878 g/mol. The maximum absolute atomic E-state index is 2.47. The number of hydrogen-bond acceptors (Lipinski definition) is 0. The van der Waals surface area contributed by atoms with Gasteiger partial charge in [-0.25, -0.2) is 0 Å². The van der Waals surface area contributed by atoms with Crippen molar-refractivity contribution in [1.82, 2.24) is 0 Å². The molecule has 1 aliphatic carbocycles. The number of hydrogen-bond donors (Lipinski definition) is 0. The van der Waals surface area contributed by atoms with E-state index in [-0.39, 0.29) is 0 Å². The highest BCUT2D eigenvalue weighted by molar-refractivity contribution is 6.51. The van der Waals surface area contributed by atoms with E-state index in [0.717, 1.165) is 0 Å². The fourth-order valence-corrected chi connectivity index (χ4v) is 13.9. The molecule has 1 aliphatic rings. The Morgan fingerprint density at radius 3 is 1.16 bits per heavy atom. The largest absolute Gasteiger partial charge is 0.0622 e. The quantitative estimate of drug-likeness (QED) is 0.122. The van der Waals surface area contributed by atoms with Crippen LogP contribution in [-0.2, 0) is 0 Å². The number of rotatable bonds is 4. The van der Waals surface area contributed by atoms with Crippen LogP contribution < -0.4 is 0 Å². The minimum Gasteiger partial charge on any atom is -0.0622 e. The van der Waals surface area contributed by atoms with Gasteiger partial charge in [-0.05, 0) is 174 Å². The summed E-state index contributed by atoms with van der Waals surface area (Å²) in [7, 11) is 0. The van der Waals surface area contributed by atoms with Gasteiger partial charge in [-0.15, -0.1) is 0 Å². The van der Waals surface area contributed by atoms with Gasteiger partial charge in [0.15, 0.2) is 0 Å². The molecule has 0 N–H and O–H groups in total. The third-order valence-corrected chi connectivity index (χ3v) is 16.4. The SMILES string of the molecule is c1ccc(-c2ccccc2-c2c3c(c(-c4ccccc4)c4ccccc24)-c2ccc4c5ccc6c7c(-c8ccccc8)c8cccc9c%10ccccc%10c(c89)c7c7ccc(c8ccc-3c2c48)c5c67)cc1. The van der Waals surface area contributed by atoms with Crippen molar-refractivity contribution in [2.24, 2.45) is 0 Å². The average Bonchev–Trinajstić information content (AvgIpc) is 4.07. The summed E-state index contributed by atoms with van der Waals surface area (Å²) >= 11 is 0. The van der Waals surface area contributed by atoms with Crippen LogP contribution in [-0.4, -0.2) is 0 Å². The molecule has 0 saturated heterocycles. The Labute approximate surface area is 402 Å². The molecule has 0 heteroatoms. The van der Waals surface area contributed by atoms with Crippen molar-refractivity contribution in [2.75, 3.05) is 0 Å². The highest BCUT2D eigenvalue weighted by Gasteiger charge is 2.34. The fourth-order valence-electron chi connectivity index (χ4n) is 13.9. The summed E-state index contributed by atoms with van der Waals surface area (Å²) in [5, 5.41) is 26.8. The molecule has 0 fully saturated rings. The molecule has 0 amide bonds. The molecule has 0 spiro atoms. The van der Waals surface area contributed by atoms with Gasteiger partial charge in [0, 0.05) is 0 Å². The van der Waals surface area contributed by atoms with Crippen molar-refractivity contribution < 1.29 is 0 Å². The van der Waals surface area contributed by atoms with Gasteiger partial charge in [0.1, 0.15) is 0 Å². The lowest BCUT2D eigenvalue weighted by molar-refractivity contribution is 1.59. The predicted octanol–water partition coefficient (Wildman–Crippen LogP) is 19.8. The van der Waals surface area contributed by atoms with Gasteiger partial charge in [0.25, 0.3) is 0 Å². The lowest BCUT2D eigenvalue weighted by Crippen LogP contribution is -1.95. The zero-order valence-corrected chi connectivity index (χ0v) is 37.9. The Bertz CT molecular complexity index is 4870. The summed E-state index contributed by atoms with van der Waals surface area (Å²) in [6, 6.07) is 87.1. The van der Waals surface area contributed by atoms with Gasteiger partial charge in [0.05, 0.1) is 0 Å². The Balaban J connectivity index is 1.03. The fraction of sp³-hybridized carbons (Fsp3) is 0. The van der Waals surface area contributed by atoms with Crippen LogP contribution in [0.4, 0.5) is 0 Å². The van der Waals surface area contributed by atoms with E-state index in [0.29, 0.717) is 0 Å². The highest BCUT2D eigenvalue weighted by Crippen LogP contribution is 2.61. The normalized spacial score (nSPS) is 12.6. The molecule has 0 saturated carbocycles. The van der Waals surface area contributed by atoms with E-state index in [1.54, 1.807) is 0 Å². The van der Waals surface area contributed by atoms with E-state index in [2.05, 4.69) is 231 Å². The molecule has 318 valence electrons. The van der Waals surface area contributed by atoms with Crippen LogP contribution in [0, 0.1) is 0 Å². The molecule has 70 heavy (non-hydrogen) atoms. The predicted molar refractivity (Wildman–Crippen MR) is 301 cm³/mol. The third kappa shape index (κ3) is 4.48. The first kappa shape index (κ1) is 37.0. The molecular weight excluding hydrogens is 841 g/mol. The Hall–Kier alpha value is -9.10. The Kier molecular flexibility index (Phi) is 7.03. The van der Waals surface area contributed by atoms with E-state index in [1.165, 1.54) is 174 Å². The molecule has 0 atom stereocenters. The molecule has 0 aliphatic heterocycles. The first-order chi connectivity index (χ1) is 34.8. The highest BCUT2D eigenvalue weighted by atomic mass is 14.4. The maximum Gasteiger partial charge on any atom is -0.000696 e. The second-order valence-electron chi connectivity index (χ2n) is 19.6. The van der Waals surface area contributed by atoms with Crippen molar-refractivity contribution in [2.45, 2.75) is 0 Å². The summed E-state index contributed by atoms with van der Waals surface area (Å²) < 4.78 is 0. The van der Waals surface area contributed by atoms with Crippen molar-refractivity contribution in [3.05, 3.63) is 231 Å². The molecule has 0 bridgehead atoms. The molecule has 0 heterocycles. The van der Waals surface area contributed by atoms with Crippen molar-refractivity contribution >= 4 is 108 Å². The van der Waals surface area contributed by atoms with Gasteiger partial charge in [-0.3, -0.25) is 0 Å². The van der Waals surface area contributed by atoms with Crippen LogP contribution in [0.25, 0.3) is 174 Å². The lowest BCUT2D eigenvalue weighted by atomic mass is 9.81. The minimum atomic E-state index is 1.22. The van der Waals surface area contributed by atoms with E-state index in [4.69, 9.17) is 0 Å². The van der Waals surface area contributed by atoms with Crippen molar-refractivity contribution in [1.29, 1.82) is 0 Å². The summed E-state index contributed by atoms with van der Waals surface area (Å²) in [5.41, 5.74) is 15.4. The van der Waals surface area contributed by atoms with Crippen LogP contribution in [0.1, 0.15) is 0 Å². The van der Waals surface area contributed by atoms with Crippen LogP contribution in [0.3, 0.4) is 0 Å². The van der Waals surface area contributed by atoms with Crippen molar-refractivity contribution in [3.63, 3.8) is 0 Å². The van der Waals surface area contributed by atoms with Crippen LogP contribution in [0.15, 0.2) is 231 Å². The zero-order chi connectivity index (χ0) is 45.3. The van der Waals surface area contributed by atoms with Crippen LogP contribution in [0.5, 0.6) is 0 Å². The standard InChI is InChI=1S/C70H38/c1-4-17-39(18-5-1)42-23-10-12-25-44(42)62-48-28-15-14-27-47(48)58(40-19-6-2-7-20-40)67-54-35-31-49-50-32-36-55-65-57(38-34-52(61(50)65)51-33-37-56(69(62)67)64(54)60(49)51)70-66-46-26-13-11-24-43(46)45-29-16-30-53(63(45)66)59(68(55)70)41-21-8-3-9-22-41/h1-38H. The van der Waals surface area contributed by atoms with Gasteiger partial charge in [-0.1, -0.05) is 231 Å². The Morgan fingerprint density at radius 1 is 0.129 bits per heavy atom. The summed E-state index contributed by atoms with van der Waals surface area (Å²) in [6.07, 6.45) is 0. The van der Waals surface area contributed by atoms with Crippen LogP contribution >= 0.6 is 0 Å². The second-order valence-corrected chi connectivity index (χ2v) is 19.6. The molecule has 16 aromatic rings. The van der Waals surface area contributed by atoms with E-state index < -0.39 is 0 Å². The maximum atomic E-state index is 2.47. The van der Waals surface area contributed by atoms with Gasteiger partial charge >= 0.3 is 0 Å². The molecule has 0 aromatic heterocycles. The molecular formula is C70H38. The topological polar surface area (TPSA) is 0 Å². The summed E-state index contributed by atoms with van der Waals surface area (Å²) in [6.45, 7) is 0. The van der Waals surface area contributed by atoms with E-state index >= 15 is 0 Å². The third-order valence-electron chi connectivity index (χ3n) is 16.4. The van der Waals surface area contributed by atoms with Gasteiger partial charge < -0.3 is 0 Å². The minimum absolute atomic E-state index is 1.22. The molecule has 0 nitrogen and oxygen atoms in total. The van der Waals surface area contributed by atoms with Crippen LogP contribution in [0.2, 0.25) is 0 Å². The summed E-state index contributed by atoms with van der Waals surface area (Å²) in [4.78, 5) is 0. The van der Waals surface area contributed by atoms with Gasteiger partial charge in [0.2, 0.25) is 0 Å². The molecule has 0 unspecified atom stereocenters.